The average Bonchev–Trinajstić information content (AvgIpc) is 3.75. The average molecular weight is 640 g/mol. The van der Waals surface area contributed by atoms with Crippen LogP contribution >= 0.6 is 11.3 Å². The number of thiophene rings is 1. The molecule has 9 heteroatoms. The smallest absolute Gasteiger partial charge is 0.253 e. The molecular formula is C37H32F3N3O2S. The molecule has 2 aromatic heterocycles. The predicted octanol–water partition coefficient (Wildman–Crippen LogP) is 8.53. The number of ketones is 1. The minimum absolute atomic E-state index is 0.0203. The van der Waals surface area contributed by atoms with Crippen molar-refractivity contribution >= 4 is 38.9 Å². The first kappa shape index (κ1) is 30.2. The zero-order valence-electron chi connectivity index (χ0n) is 25.0. The summed E-state index contributed by atoms with van der Waals surface area (Å²) in [5.41, 5.74) is 10.9. The first-order valence-corrected chi connectivity index (χ1v) is 16.3. The molecule has 1 aliphatic carbocycles. The van der Waals surface area contributed by atoms with Crippen LogP contribution in [0.4, 0.5) is 19.0 Å². The topological polar surface area (TPSA) is 76.3 Å². The third-order valence-corrected chi connectivity index (χ3v) is 10.4. The Bertz CT molecular complexity index is 1910. The predicted molar refractivity (Wildman–Crippen MR) is 176 cm³/mol. The molecule has 1 aliphatic heterocycles. The number of rotatable bonds is 8. The Kier molecular flexibility index (Phi) is 7.88. The van der Waals surface area contributed by atoms with E-state index in [9.17, 15) is 22.8 Å². The molecule has 0 radical (unpaired) electrons. The highest BCUT2D eigenvalue weighted by Crippen LogP contribution is 2.49. The monoisotopic (exact) mass is 639 g/mol. The Morgan fingerprint density at radius 1 is 0.913 bits per heavy atom. The molecule has 7 rings (SSSR count). The van der Waals surface area contributed by atoms with Crippen molar-refractivity contribution in [3.63, 3.8) is 0 Å². The lowest BCUT2D eigenvalue weighted by atomic mass is 9.96. The van der Waals surface area contributed by atoms with Crippen molar-refractivity contribution in [2.75, 3.05) is 18.8 Å². The molecule has 5 nitrogen and oxygen atoms in total. The van der Waals surface area contributed by atoms with Gasteiger partial charge in [-0.2, -0.15) is 0 Å². The molecule has 1 saturated heterocycles. The fourth-order valence-electron chi connectivity index (χ4n) is 6.35. The maximum absolute atomic E-state index is 13.8. The second-order valence-electron chi connectivity index (χ2n) is 12.3. The lowest BCUT2D eigenvalue weighted by Crippen LogP contribution is -2.42. The molecule has 1 saturated carbocycles. The number of carbonyl (C=O) groups is 2. The molecule has 2 aliphatic rings. The van der Waals surface area contributed by atoms with Crippen LogP contribution in [0, 0.1) is 11.7 Å². The number of Topliss-reactive ketones (excluding diaryl/α,β-unsaturated/α-hetero) is 1. The zero-order valence-corrected chi connectivity index (χ0v) is 25.8. The second-order valence-corrected chi connectivity index (χ2v) is 13.5. The number of benzene rings is 3. The number of amides is 1. The van der Waals surface area contributed by atoms with Crippen molar-refractivity contribution in [1.29, 1.82) is 0 Å². The van der Waals surface area contributed by atoms with Crippen LogP contribution in [-0.4, -0.2) is 40.6 Å². The van der Waals surface area contributed by atoms with Crippen LogP contribution in [0.3, 0.4) is 0 Å². The highest BCUT2D eigenvalue weighted by atomic mass is 32.1. The fourth-order valence-corrected chi connectivity index (χ4v) is 7.53. The van der Waals surface area contributed by atoms with E-state index in [2.05, 4.69) is 23.2 Å². The molecule has 234 valence electrons. The number of nitrogens with zero attached hydrogens (tertiary/aromatic N) is 2. The molecule has 3 heterocycles. The summed E-state index contributed by atoms with van der Waals surface area (Å²) in [6.45, 7) is 0.0807. The van der Waals surface area contributed by atoms with Gasteiger partial charge in [-0.05, 0) is 94.9 Å². The van der Waals surface area contributed by atoms with Crippen molar-refractivity contribution in [1.82, 2.24) is 9.88 Å². The minimum atomic E-state index is -2.71. The molecule has 3 aromatic carbocycles. The number of nitrogens with two attached hydrogens (primary N) is 1. The van der Waals surface area contributed by atoms with E-state index in [1.807, 2.05) is 18.2 Å². The van der Waals surface area contributed by atoms with E-state index in [0.717, 1.165) is 49.2 Å². The number of piperidine rings is 1. The quantitative estimate of drug-likeness (QED) is 0.185. The number of likely N-dealkylation sites (tertiary alicyclic amines) is 1. The molecule has 2 fully saturated rings. The Balaban J connectivity index is 1.12. The summed E-state index contributed by atoms with van der Waals surface area (Å²) in [6, 6.07) is 23.7. The fraction of sp³-hybridized carbons (Fsp3) is 0.270. The zero-order chi connectivity index (χ0) is 32.0. The summed E-state index contributed by atoms with van der Waals surface area (Å²) in [4.78, 5) is 32.8. The van der Waals surface area contributed by atoms with Crippen LogP contribution in [0.1, 0.15) is 52.4 Å². The number of alkyl halides is 2. The summed E-state index contributed by atoms with van der Waals surface area (Å²) in [7, 11) is 0. The van der Waals surface area contributed by atoms with Gasteiger partial charge in [0.1, 0.15) is 17.4 Å². The van der Waals surface area contributed by atoms with Crippen LogP contribution in [0.2, 0.25) is 0 Å². The largest absolute Gasteiger partial charge is 0.384 e. The third-order valence-electron chi connectivity index (χ3n) is 9.13. The van der Waals surface area contributed by atoms with Gasteiger partial charge in [-0.1, -0.05) is 30.3 Å². The highest BCUT2D eigenvalue weighted by Gasteiger charge is 2.43. The van der Waals surface area contributed by atoms with Gasteiger partial charge < -0.3 is 10.6 Å². The van der Waals surface area contributed by atoms with Crippen LogP contribution in [-0.2, 0) is 11.2 Å². The van der Waals surface area contributed by atoms with Gasteiger partial charge in [-0.3, -0.25) is 9.59 Å². The van der Waals surface area contributed by atoms with Crippen LogP contribution in [0.25, 0.3) is 32.3 Å². The van der Waals surface area contributed by atoms with Gasteiger partial charge in [-0.25, -0.2) is 18.2 Å². The molecular weight excluding hydrogens is 607 g/mol. The van der Waals surface area contributed by atoms with Gasteiger partial charge >= 0.3 is 0 Å². The Labute approximate surface area is 268 Å². The van der Waals surface area contributed by atoms with Crippen LogP contribution in [0.5, 0.6) is 0 Å². The second kappa shape index (κ2) is 12.0. The number of anilines is 1. The summed E-state index contributed by atoms with van der Waals surface area (Å²) in [6.07, 6.45) is 3.06. The number of aryl methyl sites for hydroxylation is 1. The van der Waals surface area contributed by atoms with Crippen molar-refractivity contribution in [3.8, 4) is 22.3 Å². The van der Waals surface area contributed by atoms with Gasteiger partial charge in [0.25, 0.3) is 11.8 Å². The number of halogens is 3. The SMILES string of the molecule is Nc1ccc(C2CC2C(=O)CCc2cc3cc(-c4ccc(C(=O)N5CCC(F)(F)CC5)cc4)cc(-c4ccc(F)cc4)c3s2)cn1. The molecule has 2 atom stereocenters. The standard InChI is InChI=1S/C37H32F3N3O2S/c38-28-8-5-23(6-9-28)31-19-26(22-1-3-24(4-2-22)36(45)43-15-13-37(39,40)14-16-43)17-27-18-29(46-35(27)31)10-11-33(44)32-20-30(32)25-7-12-34(41)42-21-25/h1-9,12,17-19,21,30,32H,10-11,13-16,20H2,(H2,41,42). The Morgan fingerprint density at radius 2 is 1.63 bits per heavy atom. The van der Waals surface area contributed by atoms with Crippen molar-refractivity contribution in [2.45, 2.75) is 43.9 Å². The van der Waals surface area contributed by atoms with Gasteiger partial charge in [0, 0.05) is 65.2 Å². The summed E-state index contributed by atoms with van der Waals surface area (Å²) < 4.78 is 42.1. The van der Waals surface area contributed by atoms with Gasteiger partial charge in [-0.15, -0.1) is 11.3 Å². The normalized spacial score (nSPS) is 18.9. The van der Waals surface area contributed by atoms with Crippen molar-refractivity contribution in [3.05, 3.63) is 107 Å². The summed E-state index contributed by atoms with van der Waals surface area (Å²) in [5, 5.41) is 1.02. The van der Waals surface area contributed by atoms with E-state index in [1.165, 1.54) is 17.0 Å². The number of fused-ring (bicyclic) bond motifs is 1. The van der Waals surface area contributed by atoms with E-state index in [1.54, 1.807) is 47.9 Å². The van der Waals surface area contributed by atoms with Gasteiger partial charge in [0.15, 0.2) is 0 Å². The van der Waals surface area contributed by atoms with Crippen molar-refractivity contribution < 1.29 is 22.8 Å². The molecule has 2 unspecified atom stereocenters. The van der Waals surface area contributed by atoms with Gasteiger partial charge in [0.2, 0.25) is 0 Å². The number of carbonyl (C=O) groups excluding carboxylic acids is 2. The Hall–Kier alpha value is -4.50. The summed E-state index contributed by atoms with van der Waals surface area (Å²) in [5.74, 6) is -2.32. The lowest BCUT2D eigenvalue weighted by molar-refractivity contribution is -0.120. The lowest BCUT2D eigenvalue weighted by Gasteiger charge is -2.31. The molecule has 0 spiro atoms. The molecule has 1 amide bonds. The molecule has 46 heavy (non-hydrogen) atoms. The molecule has 5 aromatic rings. The Morgan fingerprint density at radius 3 is 2.33 bits per heavy atom. The summed E-state index contributed by atoms with van der Waals surface area (Å²) >= 11 is 1.65. The first-order chi connectivity index (χ1) is 22.1. The van der Waals surface area contributed by atoms with Gasteiger partial charge in [0.05, 0.1) is 0 Å². The van der Waals surface area contributed by atoms with E-state index in [4.69, 9.17) is 5.73 Å². The number of hydrogen-bond acceptors (Lipinski definition) is 5. The number of hydrogen-bond donors (Lipinski definition) is 1. The van der Waals surface area contributed by atoms with Crippen LogP contribution in [0.15, 0.2) is 85.1 Å². The number of pyridine rings is 1. The third kappa shape index (κ3) is 6.29. The van der Waals surface area contributed by atoms with Crippen molar-refractivity contribution in [2.24, 2.45) is 5.92 Å². The first-order valence-electron chi connectivity index (χ1n) is 15.5. The van der Waals surface area contributed by atoms with Crippen LogP contribution < -0.4 is 5.73 Å². The number of aromatic nitrogens is 1. The van der Waals surface area contributed by atoms with E-state index in [-0.39, 0.29) is 55.3 Å². The maximum Gasteiger partial charge on any atom is 0.253 e. The maximum atomic E-state index is 13.8. The van der Waals surface area contributed by atoms with E-state index in [0.29, 0.717) is 24.2 Å². The number of nitrogen functional groups attached to an aromatic ring is 1. The van der Waals surface area contributed by atoms with E-state index < -0.39 is 5.92 Å². The highest BCUT2D eigenvalue weighted by molar-refractivity contribution is 7.19. The molecule has 0 bridgehead atoms. The minimum Gasteiger partial charge on any atom is -0.384 e. The molecule has 2 N–H and O–H groups in total. The van der Waals surface area contributed by atoms with E-state index >= 15 is 0 Å².